The number of nitrogens with one attached hydrogen (secondary N) is 3. The molecule has 0 aliphatic carbocycles. The van der Waals surface area contributed by atoms with E-state index in [0.29, 0.717) is 0 Å². The summed E-state index contributed by atoms with van der Waals surface area (Å²) in [7, 11) is 4.72. The molecule has 0 fully saturated rings. The molecule has 0 rings (SSSR count). The van der Waals surface area contributed by atoms with Crippen LogP contribution in [0.3, 0.4) is 0 Å². The van der Waals surface area contributed by atoms with Gasteiger partial charge in [0.2, 0.25) is 17.7 Å². The van der Waals surface area contributed by atoms with Crippen LogP contribution < -0.4 is 16.0 Å². The number of nitrogens with zero attached hydrogens (tertiary/aromatic N) is 1. The second kappa shape index (κ2) is 17.5. The third-order valence-electron chi connectivity index (χ3n) is 5.03. The zero-order chi connectivity index (χ0) is 24.6. The first-order valence-corrected chi connectivity index (χ1v) is 10.8. The van der Waals surface area contributed by atoms with E-state index in [1.807, 2.05) is 13.8 Å². The summed E-state index contributed by atoms with van der Waals surface area (Å²) < 4.78 is 5.52. The summed E-state index contributed by atoms with van der Waals surface area (Å²) in [6, 6.07) is -0.323. The molecule has 3 atom stereocenters. The van der Waals surface area contributed by atoms with E-state index in [9.17, 15) is 19.2 Å². The van der Waals surface area contributed by atoms with Gasteiger partial charge in [-0.25, -0.2) is 0 Å². The van der Waals surface area contributed by atoms with Gasteiger partial charge in [-0.05, 0) is 26.3 Å². The van der Waals surface area contributed by atoms with Gasteiger partial charge in [0.15, 0.2) is 0 Å². The molecule has 0 aliphatic rings. The monoisotopic (exact) mass is 700 g/mol. The second-order valence-electron chi connectivity index (χ2n) is 8.26. The van der Waals surface area contributed by atoms with Crippen molar-refractivity contribution in [1.29, 1.82) is 0 Å². The van der Waals surface area contributed by atoms with Gasteiger partial charge in [-0.2, -0.15) is 6.41 Å². The van der Waals surface area contributed by atoms with Crippen LogP contribution in [0.2, 0.25) is 0 Å². The van der Waals surface area contributed by atoms with Gasteiger partial charge in [-0.15, -0.1) is 0 Å². The van der Waals surface area contributed by atoms with Gasteiger partial charge < -0.3 is 30.4 Å². The number of hydrogen-bond donors (Lipinski definition) is 3. The number of carbonyl (C=O) groups is 3. The number of likely N-dealkylation sites (N-methyl/N-ethyl adjacent to an activating group) is 1. The third-order valence-corrected chi connectivity index (χ3v) is 5.03. The van der Waals surface area contributed by atoms with Gasteiger partial charge in [-0.1, -0.05) is 40.5 Å². The Bertz CT molecular complexity index is 560. The van der Waals surface area contributed by atoms with E-state index < -0.39 is 11.5 Å². The summed E-state index contributed by atoms with van der Waals surface area (Å²) >= 11 is 0. The smallest absolute Gasteiger partial charge is 0.242 e. The van der Waals surface area contributed by atoms with Crippen LogP contribution in [0.1, 0.15) is 60.8 Å². The Labute approximate surface area is 188 Å². The Kier molecular flexibility index (Phi) is 18.3. The van der Waals surface area contributed by atoms with Crippen LogP contribution in [0.25, 0.3) is 0 Å². The first-order valence-electron chi connectivity index (χ1n) is 10.8. The average Bonchev–Trinajstić information content (AvgIpc) is 2.74. The molecule has 0 aromatic heterocycles. The van der Waals surface area contributed by atoms with Crippen LogP contribution in [-0.4, -0.2) is 75.5 Å². The first-order chi connectivity index (χ1) is 14.5. The quantitative estimate of drug-likeness (QED) is 0.198. The Morgan fingerprint density at radius 1 is 1.16 bits per heavy atom. The van der Waals surface area contributed by atoms with Crippen LogP contribution in [0.4, 0.5) is 0 Å². The van der Waals surface area contributed by atoms with E-state index >= 15 is 0 Å². The summed E-state index contributed by atoms with van der Waals surface area (Å²) in [6.07, 6.45) is 3.24. The number of ether oxygens (including phenoxy) is 1. The zero-order valence-corrected chi connectivity index (χ0v) is 23.4. The number of carbonyl (C=O) groups excluding carboxylic acids is 4. The minimum absolute atomic E-state index is 0. The average molecular weight is 701 g/mol. The summed E-state index contributed by atoms with van der Waals surface area (Å²) in [5, 5.41) is 7.53. The van der Waals surface area contributed by atoms with Crippen molar-refractivity contribution in [2.45, 2.75) is 73.0 Å². The fourth-order valence-corrected chi connectivity index (χ4v) is 2.89. The Hall–Kier alpha value is -3.16. The van der Waals surface area contributed by atoms with Crippen LogP contribution in [0, 0.1) is 11.3 Å². The van der Waals surface area contributed by atoms with Crippen molar-refractivity contribution in [2.75, 3.05) is 34.3 Å². The van der Waals surface area contributed by atoms with E-state index in [2.05, 4.69) is 29.8 Å². The van der Waals surface area contributed by atoms with E-state index in [1.54, 1.807) is 27.9 Å². The molecular weight excluding hydrogens is 657 g/mol. The minimum atomic E-state index is -0.874. The van der Waals surface area contributed by atoms with Crippen molar-refractivity contribution >= 4 is 24.1 Å². The molecule has 0 aromatic rings. The first kappa shape index (κ1) is 33.5. The zero-order valence-electron chi connectivity index (χ0n) is 21.0. The Balaban J connectivity index is -0.00000198. The molecule has 0 bridgehead atoms. The Morgan fingerprint density at radius 2 is 1.69 bits per heavy atom. The minimum Gasteiger partial charge on any atom is -0.529 e. The fraction of sp³-hybridized carbons (Fsp3) is 0.818. The molecule has 0 aliphatic heterocycles. The maximum Gasteiger partial charge on any atom is 0.242 e. The number of methoxy groups -OCH3 is 1. The number of hydrogen-bond acceptors (Lipinski definition) is 5. The van der Waals surface area contributed by atoms with Gasteiger partial charge >= 0.3 is 0 Å². The molecule has 4 amide bonds. The van der Waals surface area contributed by atoms with Crippen molar-refractivity contribution in [3.63, 3.8) is 0 Å². The Morgan fingerprint density at radius 3 is 2.09 bits per heavy atom. The molecule has 0 heterocycles. The van der Waals surface area contributed by atoms with Gasteiger partial charge in [0, 0.05) is 21.2 Å². The largest absolute Gasteiger partial charge is 0.529 e. The molecule has 32 heavy (non-hydrogen) atoms. The summed E-state index contributed by atoms with van der Waals surface area (Å²) in [4.78, 5) is 48.7. The van der Waals surface area contributed by atoms with Crippen LogP contribution >= 0.6 is 0 Å². The van der Waals surface area contributed by atoms with Gasteiger partial charge in [0.1, 0.15) is 0 Å². The molecule has 0 saturated heterocycles. The maximum absolute atomic E-state index is 12.7. The van der Waals surface area contributed by atoms with E-state index in [-0.39, 0.29) is 49.2 Å². The van der Waals surface area contributed by atoms with E-state index in [1.165, 1.54) is 24.8 Å². The number of rotatable bonds is 13. The predicted molar refractivity (Wildman–Crippen MR) is 122 cm³/mol. The molecule has 0 radical (unpaired) electrons. The molecule has 194 valence electrons. The molecule has 0 saturated carbocycles. The molecule has 0 spiro atoms. The summed E-state index contributed by atoms with van der Waals surface area (Å²) in [6.45, 7) is 11.5. The third kappa shape index (κ3) is 11.9. The molecule has 0 aromatic carbocycles. The second-order valence-corrected chi connectivity index (χ2v) is 8.26. The van der Waals surface area contributed by atoms with Gasteiger partial charge in [0.25, 0.3) is 0 Å². The van der Waals surface area contributed by atoms with Gasteiger partial charge in [-0.3, -0.25) is 14.4 Å². The molecule has 3 unspecified atom stereocenters. The van der Waals surface area contributed by atoms with E-state index in [4.69, 9.17) is 4.74 Å². The van der Waals surface area contributed by atoms with Crippen LogP contribution in [0.15, 0.2) is 0 Å². The van der Waals surface area contributed by atoms with Crippen molar-refractivity contribution < 1.29 is 23.9 Å². The van der Waals surface area contributed by atoms with Crippen molar-refractivity contribution in [3.8, 4) is 0 Å². The summed E-state index contributed by atoms with van der Waals surface area (Å²) in [5.74, 6) is -0.729. The topological polar surface area (TPSA) is 117 Å². The molecule has 9 nitrogen and oxygen atoms in total. The summed E-state index contributed by atoms with van der Waals surface area (Å²) in [5.41, 5.74) is -0.874. The fourth-order valence-electron chi connectivity index (χ4n) is 2.89. The predicted octanol–water partition coefficient (Wildman–Crippen LogP) is 1.23. The SMILES string of the molecule is CCC.CCC(C)C(C(CC(=O)NC)OC)N(C)C(=O)CNC(=O)C(C)(C)CN[C-]=O.[Fm]. The maximum atomic E-state index is 12.7. The normalized spacial score (nSPS) is 13.2. The van der Waals surface area contributed by atoms with Crippen LogP contribution in [0.5, 0.6) is 0 Å². The van der Waals surface area contributed by atoms with Crippen molar-refractivity contribution in [1.82, 2.24) is 20.9 Å². The van der Waals surface area contributed by atoms with Crippen LogP contribution in [-0.2, 0) is 23.9 Å². The molecule has 10 heteroatoms. The standard InChI is InChI=1S/C19H35N4O5.C3H8.Fm/c1-8-13(2)17(14(28-7)9-15(25)20-5)23(6)16(26)10-22-18(27)19(3,4)11-21-12-24;1-3-2;/h13-14,17H,8-11H2,1-7H3,(H,20,25)(H,21,24)(H,22,27);3H2,1-2H3;/q-1;;. The van der Waals surface area contributed by atoms with Crippen molar-refractivity contribution in [3.05, 3.63) is 0 Å². The molecular formula is C22H43FmN4O5-. The van der Waals surface area contributed by atoms with Crippen molar-refractivity contribution in [2.24, 2.45) is 11.3 Å². The molecule has 3 N–H and O–H groups in total. The van der Waals surface area contributed by atoms with Gasteiger partial charge in [0.05, 0.1) is 30.5 Å². The van der Waals surface area contributed by atoms with E-state index in [0.717, 1.165) is 6.42 Å². The number of amides is 4.